The molecule has 12 heteroatoms. The molecule has 3 rings (SSSR count). The number of benzene rings is 2. The number of hydrogen-bond acceptors (Lipinski definition) is 10. The highest BCUT2D eigenvalue weighted by Crippen LogP contribution is 2.27. The summed E-state index contributed by atoms with van der Waals surface area (Å²) in [4.78, 5) is -0.341. The Labute approximate surface area is 186 Å². The molecule has 0 aliphatic carbocycles. The molecular weight excluding hydrogens is 464 g/mol. The van der Waals surface area contributed by atoms with Gasteiger partial charge >= 0.3 is 0 Å². The van der Waals surface area contributed by atoms with Crippen LogP contribution in [-0.2, 0) is 33.3 Å². The fourth-order valence-electron chi connectivity index (χ4n) is 3.00. The molecule has 1 saturated heterocycles. The number of aryl methyl sites for hydroxylation is 2. The smallest absolute Gasteiger partial charge is 0.297 e. The van der Waals surface area contributed by atoms with E-state index in [0.717, 1.165) is 11.1 Å². The largest absolute Gasteiger partial charge is 0.387 e. The van der Waals surface area contributed by atoms with Crippen molar-refractivity contribution in [2.45, 2.75) is 54.3 Å². The van der Waals surface area contributed by atoms with Gasteiger partial charge in [0.25, 0.3) is 20.2 Å². The van der Waals surface area contributed by atoms with Gasteiger partial charge in [0.15, 0.2) is 12.4 Å². The minimum atomic E-state index is -4.40. The highest BCUT2D eigenvalue weighted by Gasteiger charge is 2.47. The van der Waals surface area contributed by atoms with Gasteiger partial charge in [0.2, 0.25) is 0 Å². The first-order valence-electron chi connectivity index (χ1n) is 9.56. The van der Waals surface area contributed by atoms with Gasteiger partial charge in [0.05, 0.1) is 16.4 Å². The summed E-state index contributed by atoms with van der Waals surface area (Å²) in [5.41, 5.74) is 1.65. The van der Waals surface area contributed by atoms with Crippen LogP contribution in [-0.4, -0.2) is 69.5 Å². The van der Waals surface area contributed by atoms with Crippen LogP contribution < -0.4 is 0 Å². The number of hydrogen-bond donors (Lipinski definition) is 3. The van der Waals surface area contributed by atoms with Gasteiger partial charge < -0.3 is 20.1 Å². The number of aliphatic hydroxyl groups excluding tert-OH is 3. The monoisotopic (exact) mass is 488 g/mol. The van der Waals surface area contributed by atoms with Gasteiger partial charge in [-0.25, -0.2) is 0 Å². The number of aliphatic hydroxyl groups is 3. The SMILES string of the molecule is Cc1ccc(S(=O)(=O)OCC2OC(O)C(OS(=O)(=O)c3ccc(C)cc3)C(O)C2O)cc1. The lowest BCUT2D eigenvalue weighted by molar-refractivity contribution is -0.278. The molecule has 10 nitrogen and oxygen atoms in total. The van der Waals surface area contributed by atoms with Crippen molar-refractivity contribution < 1.29 is 45.3 Å². The second kappa shape index (κ2) is 9.53. The predicted molar refractivity (Wildman–Crippen MR) is 110 cm³/mol. The molecule has 2 aromatic carbocycles. The first-order valence-corrected chi connectivity index (χ1v) is 12.4. The molecule has 1 fully saturated rings. The quantitative estimate of drug-likeness (QED) is 0.461. The van der Waals surface area contributed by atoms with E-state index < -0.39 is 57.5 Å². The standard InChI is InChI=1S/C20H24O10S2/c1-12-3-7-14(8-4-12)31(24,25)28-11-16-17(21)18(22)19(20(23)29-16)30-32(26,27)15-9-5-13(2)6-10-15/h3-10,16-23H,11H2,1-2H3. The molecule has 0 radical (unpaired) electrons. The number of rotatable bonds is 7. The van der Waals surface area contributed by atoms with Crippen LogP contribution in [0.5, 0.6) is 0 Å². The van der Waals surface area contributed by atoms with Crippen molar-refractivity contribution in [3.63, 3.8) is 0 Å². The first-order chi connectivity index (χ1) is 14.9. The summed E-state index contributed by atoms with van der Waals surface area (Å²) >= 11 is 0. The summed E-state index contributed by atoms with van der Waals surface area (Å²) in [6.07, 6.45) is -9.01. The van der Waals surface area contributed by atoms with Gasteiger partial charge in [-0.15, -0.1) is 0 Å². The van der Waals surface area contributed by atoms with E-state index >= 15 is 0 Å². The molecule has 1 aliphatic heterocycles. The van der Waals surface area contributed by atoms with Crippen LogP contribution in [0.2, 0.25) is 0 Å². The molecule has 32 heavy (non-hydrogen) atoms. The lowest BCUT2D eigenvalue weighted by atomic mass is 9.99. The maximum atomic E-state index is 12.4. The van der Waals surface area contributed by atoms with E-state index in [4.69, 9.17) is 13.1 Å². The summed E-state index contributed by atoms with van der Waals surface area (Å²) in [6, 6.07) is 11.5. The average Bonchev–Trinajstić information content (AvgIpc) is 2.73. The van der Waals surface area contributed by atoms with E-state index in [9.17, 15) is 32.2 Å². The van der Waals surface area contributed by atoms with Crippen LogP contribution >= 0.6 is 0 Å². The fourth-order valence-corrected chi connectivity index (χ4v) is 5.00. The first kappa shape index (κ1) is 24.7. The Morgan fingerprint density at radius 2 is 1.25 bits per heavy atom. The Bertz CT molecular complexity index is 1130. The third-order valence-electron chi connectivity index (χ3n) is 4.91. The van der Waals surface area contributed by atoms with E-state index in [1.165, 1.54) is 36.4 Å². The van der Waals surface area contributed by atoms with Crippen molar-refractivity contribution >= 4 is 20.2 Å². The lowest BCUT2D eigenvalue weighted by Gasteiger charge is -2.39. The summed E-state index contributed by atoms with van der Waals surface area (Å²) < 4.78 is 64.4. The van der Waals surface area contributed by atoms with Gasteiger partial charge in [-0.3, -0.25) is 8.37 Å². The Morgan fingerprint density at radius 1 is 0.781 bits per heavy atom. The molecule has 3 N–H and O–H groups in total. The molecule has 0 bridgehead atoms. The van der Waals surface area contributed by atoms with Crippen LogP contribution in [0.1, 0.15) is 11.1 Å². The molecule has 2 aromatic rings. The van der Waals surface area contributed by atoms with Crippen LogP contribution in [0.3, 0.4) is 0 Å². The van der Waals surface area contributed by atoms with Crippen molar-refractivity contribution in [2.24, 2.45) is 0 Å². The van der Waals surface area contributed by atoms with E-state index in [-0.39, 0.29) is 9.79 Å². The Morgan fingerprint density at radius 3 is 1.75 bits per heavy atom. The van der Waals surface area contributed by atoms with Crippen LogP contribution in [0.15, 0.2) is 58.3 Å². The Hall–Kier alpha value is -1.90. The molecular formula is C20H24O10S2. The highest BCUT2D eigenvalue weighted by atomic mass is 32.2. The zero-order valence-corrected chi connectivity index (χ0v) is 18.9. The van der Waals surface area contributed by atoms with Gasteiger partial charge in [-0.2, -0.15) is 16.8 Å². The highest BCUT2D eigenvalue weighted by molar-refractivity contribution is 7.87. The summed E-state index contributed by atoms with van der Waals surface area (Å²) in [5.74, 6) is 0. The van der Waals surface area contributed by atoms with Crippen LogP contribution in [0, 0.1) is 13.8 Å². The second-order valence-corrected chi connectivity index (χ2v) is 10.6. The average molecular weight is 489 g/mol. The minimum absolute atomic E-state index is 0.125. The van der Waals surface area contributed by atoms with Crippen LogP contribution in [0.25, 0.3) is 0 Å². The van der Waals surface area contributed by atoms with Crippen molar-refractivity contribution in [1.82, 2.24) is 0 Å². The third-order valence-corrected chi connectivity index (χ3v) is 7.53. The molecule has 0 aromatic heterocycles. The van der Waals surface area contributed by atoms with Crippen LogP contribution in [0.4, 0.5) is 0 Å². The third kappa shape index (κ3) is 5.53. The van der Waals surface area contributed by atoms with Gasteiger partial charge in [-0.05, 0) is 38.1 Å². The maximum Gasteiger partial charge on any atom is 0.297 e. The molecule has 0 spiro atoms. The molecule has 5 unspecified atom stereocenters. The molecule has 5 atom stereocenters. The van der Waals surface area contributed by atoms with Crippen molar-refractivity contribution in [2.75, 3.05) is 6.61 Å². The van der Waals surface area contributed by atoms with E-state index in [2.05, 4.69) is 0 Å². The van der Waals surface area contributed by atoms with E-state index in [1.54, 1.807) is 26.0 Å². The molecule has 176 valence electrons. The second-order valence-electron chi connectivity index (χ2n) is 7.43. The zero-order valence-electron chi connectivity index (χ0n) is 17.2. The van der Waals surface area contributed by atoms with Crippen molar-refractivity contribution in [3.8, 4) is 0 Å². The summed E-state index contributed by atoms with van der Waals surface area (Å²) in [7, 11) is -8.59. The minimum Gasteiger partial charge on any atom is -0.387 e. The fraction of sp³-hybridized carbons (Fsp3) is 0.400. The Kier molecular flexibility index (Phi) is 7.37. The van der Waals surface area contributed by atoms with Gasteiger partial charge in [-0.1, -0.05) is 35.4 Å². The normalized spacial score (nSPS) is 26.7. The lowest BCUT2D eigenvalue weighted by Crippen LogP contribution is -2.60. The predicted octanol–water partition coefficient (Wildman–Crippen LogP) is 0.222. The van der Waals surface area contributed by atoms with Gasteiger partial charge in [0, 0.05) is 0 Å². The topological polar surface area (TPSA) is 157 Å². The van der Waals surface area contributed by atoms with Gasteiger partial charge in [0.1, 0.15) is 18.3 Å². The molecule has 0 amide bonds. The van der Waals surface area contributed by atoms with E-state index in [1.807, 2.05) is 0 Å². The molecule has 0 saturated carbocycles. The van der Waals surface area contributed by atoms with Crippen molar-refractivity contribution in [3.05, 3.63) is 59.7 Å². The molecule has 1 aliphatic rings. The Balaban J connectivity index is 1.68. The van der Waals surface area contributed by atoms with Crippen molar-refractivity contribution in [1.29, 1.82) is 0 Å². The molecule has 1 heterocycles. The summed E-state index contributed by atoms with van der Waals surface area (Å²) in [5, 5.41) is 30.8. The summed E-state index contributed by atoms with van der Waals surface area (Å²) in [6.45, 7) is 2.81. The zero-order chi connectivity index (χ0) is 23.7. The number of ether oxygens (including phenoxy) is 1. The van der Waals surface area contributed by atoms with E-state index in [0.29, 0.717) is 0 Å². The maximum absolute atomic E-state index is 12.4.